The van der Waals surface area contributed by atoms with E-state index in [2.05, 4.69) is 17.2 Å². The molecule has 0 amide bonds. The molecule has 1 aromatic rings. The molecule has 0 radical (unpaired) electrons. The van der Waals surface area contributed by atoms with Crippen molar-refractivity contribution in [2.45, 2.75) is 26.3 Å². The van der Waals surface area contributed by atoms with E-state index in [1.54, 1.807) is 0 Å². The Bertz CT molecular complexity index is 391. The Balaban J connectivity index is 2.53. The number of halogens is 2. The summed E-state index contributed by atoms with van der Waals surface area (Å²) in [7, 11) is 0. The molecule has 0 bridgehead atoms. The first kappa shape index (κ1) is 13.4. The van der Waals surface area contributed by atoms with Gasteiger partial charge in [0.2, 0.25) is 0 Å². The van der Waals surface area contributed by atoms with Gasteiger partial charge in [0.05, 0.1) is 6.54 Å². The Morgan fingerprint density at radius 2 is 2.18 bits per heavy atom. The number of nitrogens with one attached hydrogen (secondary N) is 1. The van der Waals surface area contributed by atoms with E-state index in [0.29, 0.717) is 0 Å². The summed E-state index contributed by atoms with van der Waals surface area (Å²) in [4.78, 5) is 3.94. The Kier molecular flexibility index (Phi) is 5.39. The zero-order valence-electron chi connectivity index (χ0n) is 9.84. The normalized spacial score (nSPS) is 11.6. The highest BCUT2D eigenvalue weighted by molar-refractivity contribution is 5.77. The molecule has 0 aliphatic heterocycles. The molecule has 0 atom stereocenters. The quantitative estimate of drug-likeness (QED) is 0.471. The Labute approximate surface area is 99.7 Å². The van der Waals surface area contributed by atoms with Crippen LogP contribution in [0, 0.1) is 11.6 Å². The average Bonchev–Trinajstić information content (AvgIpc) is 2.31. The minimum atomic E-state index is -0.478. The first-order valence-corrected chi connectivity index (χ1v) is 5.61. The molecular weight excluding hydrogens is 224 g/mol. The molecule has 0 fully saturated rings. The van der Waals surface area contributed by atoms with Crippen LogP contribution in [0.25, 0.3) is 0 Å². The molecule has 0 aliphatic rings. The van der Waals surface area contributed by atoms with Gasteiger partial charge in [-0.05, 0) is 24.6 Å². The van der Waals surface area contributed by atoms with E-state index in [1.807, 2.05) is 0 Å². The highest BCUT2D eigenvalue weighted by Gasteiger charge is 2.02. The summed E-state index contributed by atoms with van der Waals surface area (Å²) < 4.78 is 26.1. The molecule has 0 spiro atoms. The lowest BCUT2D eigenvalue weighted by Gasteiger charge is -2.05. The van der Waals surface area contributed by atoms with Crippen molar-refractivity contribution in [3.63, 3.8) is 0 Å². The van der Waals surface area contributed by atoms with E-state index in [1.165, 1.54) is 0 Å². The van der Waals surface area contributed by atoms with Crippen LogP contribution in [0.1, 0.15) is 25.3 Å². The second-order valence-electron chi connectivity index (χ2n) is 3.72. The van der Waals surface area contributed by atoms with Gasteiger partial charge in [-0.3, -0.25) is 0 Å². The van der Waals surface area contributed by atoms with Crippen molar-refractivity contribution in [1.82, 2.24) is 5.32 Å². The van der Waals surface area contributed by atoms with Gasteiger partial charge >= 0.3 is 0 Å². The molecule has 17 heavy (non-hydrogen) atoms. The lowest BCUT2D eigenvalue weighted by Crippen LogP contribution is -2.32. The summed E-state index contributed by atoms with van der Waals surface area (Å²) >= 11 is 0. The van der Waals surface area contributed by atoms with Gasteiger partial charge in [-0.1, -0.05) is 13.3 Å². The fourth-order valence-corrected chi connectivity index (χ4v) is 1.28. The topological polar surface area (TPSA) is 50.4 Å². The lowest BCUT2D eigenvalue weighted by atomic mass is 10.2. The van der Waals surface area contributed by atoms with E-state index in [0.717, 1.165) is 37.6 Å². The van der Waals surface area contributed by atoms with Crippen LogP contribution in [0.5, 0.6) is 0 Å². The zero-order chi connectivity index (χ0) is 12.7. The van der Waals surface area contributed by atoms with Gasteiger partial charge in [0, 0.05) is 12.1 Å². The van der Waals surface area contributed by atoms with Gasteiger partial charge in [0.25, 0.3) is 0 Å². The second-order valence-corrected chi connectivity index (χ2v) is 3.72. The third-order valence-electron chi connectivity index (χ3n) is 2.26. The van der Waals surface area contributed by atoms with Crippen LogP contribution in [0.3, 0.4) is 0 Å². The molecule has 0 heterocycles. The molecule has 94 valence electrons. The number of hydrogen-bond donors (Lipinski definition) is 2. The SMILES string of the molecule is CCCCNC(N)=NCc1cc(F)ccc1F. The summed E-state index contributed by atoms with van der Waals surface area (Å²) in [5.74, 6) is -0.701. The first-order valence-electron chi connectivity index (χ1n) is 5.61. The van der Waals surface area contributed by atoms with Crippen molar-refractivity contribution in [2.24, 2.45) is 10.7 Å². The highest BCUT2D eigenvalue weighted by atomic mass is 19.1. The minimum Gasteiger partial charge on any atom is -0.370 e. The summed E-state index contributed by atoms with van der Waals surface area (Å²) in [5, 5.41) is 2.90. The van der Waals surface area contributed by atoms with Gasteiger partial charge in [-0.15, -0.1) is 0 Å². The molecular formula is C12H17F2N3. The molecule has 5 heteroatoms. The summed E-state index contributed by atoms with van der Waals surface area (Å²) in [6.07, 6.45) is 2.04. The van der Waals surface area contributed by atoms with Crippen molar-refractivity contribution < 1.29 is 8.78 Å². The number of rotatable bonds is 5. The van der Waals surface area contributed by atoms with Gasteiger partial charge in [-0.2, -0.15) is 0 Å². The van der Waals surface area contributed by atoms with Crippen LogP contribution in [0.15, 0.2) is 23.2 Å². The van der Waals surface area contributed by atoms with Gasteiger partial charge in [-0.25, -0.2) is 13.8 Å². The van der Waals surface area contributed by atoms with Gasteiger partial charge in [0.1, 0.15) is 11.6 Å². The highest BCUT2D eigenvalue weighted by Crippen LogP contribution is 2.10. The van der Waals surface area contributed by atoms with Crippen LogP contribution in [0.4, 0.5) is 8.78 Å². The van der Waals surface area contributed by atoms with Gasteiger partial charge in [0.15, 0.2) is 5.96 Å². The fourth-order valence-electron chi connectivity index (χ4n) is 1.28. The van der Waals surface area contributed by atoms with Crippen LogP contribution >= 0.6 is 0 Å². The summed E-state index contributed by atoms with van der Waals surface area (Å²) in [6, 6.07) is 3.28. The fraction of sp³-hybridized carbons (Fsp3) is 0.417. The monoisotopic (exact) mass is 241 g/mol. The number of unbranched alkanes of at least 4 members (excludes halogenated alkanes) is 1. The minimum absolute atomic E-state index is 0.0363. The first-order chi connectivity index (χ1) is 8.13. The third kappa shape index (κ3) is 4.80. The summed E-state index contributed by atoms with van der Waals surface area (Å²) in [6.45, 7) is 2.84. The van der Waals surface area contributed by atoms with Crippen molar-refractivity contribution in [2.75, 3.05) is 6.54 Å². The molecule has 3 N–H and O–H groups in total. The number of guanidine groups is 1. The Morgan fingerprint density at radius 3 is 2.88 bits per heavy atom. The molecule has 1 aromatic carbocycles. The van der Waals surface area contributed by atoms with Crippen LogP contribution < -0.4 is 11.1 Å². The Hall–Kier alpha value is -1.65. The van der Waals surface area contributed by atoms with E-state index >= 15 is 0 Å². The number of nitrogens with two attached hydrogens (primary N) is 1. The maximum Gasteiger partial charge on any atom is 0.188 e. The smallest absolute Gasteiger partial charge is 0.188 e. The lowest BCUT2D eigenvalue weighted by molar-refractivity contribution is 0.585. The number of nitrogens with zero attached hydrogens (tertiary/aromatic N) is 1. The van der Waals surface area contributed by atoms with Crippen molar-refractivity contribution in [3.8, 4) is 0 Å². The van der Waals surface area contributed by atoms with Crippen molar-refractivity contribution in [1.29, 1.82) is 0 Å². The average molecular weight is 241 g/mol. The zero-order valence-corrected chi connectivity index (χ0v) is 9.84. The molecule has 0 saturated heterocycles. The third-order valence-corrected chi connectivity index (χ3v) is 2.26. The molecule has 0 aromatic heterocycles. The van der Waals surface area contributed by atoms with E-state index in [-0.39, 0.29) is 18.1 Å². The predicted molar refractivity (Wildman–Crippen MR) is 64.6 cm³/mol. The molecule has 1 rings (SSSR count). The Morgan fingerprint density at radius 1 is 1.41 bits per heavy atom. The maximum atomic E-state index is 13.2. The van der Waals surface area contributed by atoms with Crippen LogP contribution in [0.2, 0.25) is 0 Å². The molecule has 0 saturated carbocycles. The number of aliphatic imine (C=N–C) groups is 1. The van der Waals surface area contributed by atoms with E-state index in [9.17, 15) is 8.78 Å². The van der Waals surface area contributed by atoms with E-state index < -0.39 is 11.6 Å². The van der Waals surface area contributed by atoms with Gasteiger partial charge < -0.3 is 11.1 Å². The largest absolute Gasteiger partial charge is 0.370 e. The second kappa shape index (κ2) is 6.83. The number of hydrogen-bond acceptors (Lipinski definition) is 1. The van der Waals surface area contributed by atoms with Crippen molar-refractivity contribution in [3.05, 3.63) is 35.4 Å². The number of benzene rings is 1. The summed E-state index contributed by atoms with van der Waals surface area (Å²) in [5.41, 5.74) is 5.77. The van der Waals surface area contributed by atoms with Crippen LogP contribution in [-0.2, 0) is 6.54 Å². The maximum absolute atomic E-state index is 13.2. The molecule has 0 unspecified atom stereocenters. The van der Waals surface area contributed by atoms with Crippen molar-refractivity contribution >= 4 is 5.96 Å². The molecule has 0 aliphatic carbocycles. The predicted octanol–water partition coefficient (Wildman–Crippen LogP) is 2.17. The molecule has 3 nitrogen and oxygen atoms in total. The standard InChI is InChI=1S/C12H17F2N3/c1-2-3-6-16-12(15)17-8-9-7-10(13)4-5-11(9)14/h4-5,7H,2-3,6,8H2,1H3,(H3,15,16,17). The van der Waals surface area contributed by atoms with Crippen LogP contribution in [-0.4, -0.2) is 12.5 Å². The van der Waals surface area contributed by atoms with E-state index in [4.69, 9.17) is 5.73 Å².